The quantitative estimate of drug-likeness (QED) is 0.119. The summed E-state index contributed by atoms with van der Waals surface area (Å²) in [5.41, 5.74) is 12.0. The van der Waals surface area contributed by atoms with E-state index in [4.69, 9.17) is 15.0 Å². The largest absolute Gasteiger partial charge is 0.208 e. The Morgan fingerprint density at radius 1 is 0.219 bits per heavy atom. The van der Waals surface area contributed by atoms with Crippen LogP contribution in [0.3, 0.4) is 0 Å². The first-order chi connectivity index (χ1) is 31.7. The van der Waals surface area contributed by atoms with Gasteiger partial charge in [-0.05, 0) is 93.7 Å². The van der Waals surface area contributed by atoms with Crippen LogP contribution < -0.4 is 0 Å². The number of rotatable bonds is 7. The lowest BCUT2D eigenvalue weighted by Gasteiger charge is -2.20. The van der Waals surface area contributed by atoms with Crippen LogP contribution in [0, 0.1) is 0 Å². The van der Waals surface area contributed by atoms with Gasteiger partial charge in [0.2, 0.25) is 0 Å². The first-order valence-electron chi connectivity index (χ1n) is 21.8. The van der Waals surface area contributed by atoms with Crippen molar-refractivity contribution in [2.75, 3.05) is 0 Å². The molecular formula is C61H39N3. The van der Waals surface area contributed by atoms with E-state index in [9.17, 15) is 0 Å². The zero-order chi connectivity index (χ0) is 42.4. The molecular weight excluding hydrogens is 775 g/mol. The van der Waals surface area contributed by atoms with Crippen LogP contribution in [0.5, 0.6) is 0 Å². The monoisotopic (exact) mass is 813 g/mol. The van der Waals surface area contributed by atoms with Gasteiger partial charge in [-0.25, -0.2) is 15.0 Å². The molecule has 0 fully saturated rings. The van der Waals surface area contributed by atoms with E-state index >= 15 is 0 Å². The van der Waals surface area contributed by atoms with Gasteiger partial charge in [0, 0.05) is 16.7 Å². The minimum absolute atomic E-state index is 0.615. The number of aromatic nitrogens is 3. The lowest BCUT2D eigenvalue weighted by molar-refractivity contribution is 1.07. The van der Waals surface area contributed by atoms with Crippen molar-refractivity contribution in [1.82, 2.24) is 15.0 Å². The van der Waals surface area contributed by atoms with Crippen molar-refractivity contribution in [3.8, 4) is 78.7 Å². The second-order valence-corrected chi connectivity index (χ2v) is 16.3. The van der Waals surface area contributed by atoms with Gasteiger partial charge >= 0.3 is 0 Å². The third-order valence-electron chi connectivity index (χ3n) is 12.5. The van der Waals surface area contributed by atoms with E-state index in [1.807, 2.05) is 12.1 Å². The summed E-state index contributed by atoms with van der Waals surface area (Å²) >= 11 is 0. The fourth-order valence-corrected chi connectivity index (χ4v) is 9.53. The van der Waals surface area contributed by atoms with E-state index in [1.54, 1.807) is 0 Å². The minimum Gasteiger partial charge on any atom is -0.208 e. The lowest BCUT2D eigenvalue weighted by Crippen LogP contribution is -2.02. The molecule has 11 aromatic carbocycles. The van der Waals surface area contributed by atoms with Gasteiger partial charge in [0.1, 0.15) is 0 Å². The first kappa shape index (κ1) is 37.2. The maximum atomic E-state index is 5.27. The smallest absolute Gasteiger partial charge is 0.164 e. The summed E-state index contributed by atoms with van der Waals surface area (Å²) in [6.45, 7) is 0. The SMILES string of the molecule is c1ccc(-c2ccccc2-c2nc(-c3ccc(-c4c5ccccc5c(-c5ccc6ccccc6c5)c5c4ccc4ccccc45)cc3)nc(-c3ccccc3-c3ccccc3)n2)cc1. The Hall–Kier alpha value is -8.53. The molecule has 12 aromatic rings. The van der Waals surface area contributed by atoms with Crippen molar-refractivity contribution in [2.24, 2.45) is 0 Å². The van der Waals surface area contributed by atoms with Gasteiger partial charge in [0.25, 0.3) is 0 Å². The maximum Gasteiger partial charge on any atom is 0.164 e. The Balaban J connectivity index is 1.06. The molecule has 12 rings (SSSR count). The highest BCUT2D eigenvalue weighted by Gasteiger charge is 2.21. The summed E-state index contributed by atoms with van der Waals surface area (Å²) in [4.78, 5) is 15.8. The molecule has 0 saturated carbocycles. The van der Waals surface area contributed by atoms with Crippen molar-refractivity contribution in [3.63, 3.8) is 0 Å². The van der Waals surface area contributed by atoms with Crippen molar-refractivity contribution < 1.29 is 0 Å². The van der Waals surface area contributed by atoms with Crippen LogP contribution in [0.1, 0.15) is 0 Å². The zero-order valence-electron chi connectivity index (χ0n) is 34.9. The van der Waals surface area contributed by atoms with Gasteiger partial charge in [-0.3, -0.25) is 0 Å². The lowest BCUT2D eigenvalue weighted by atomic mass is 9.83. The van der Waals surface area contributed by atoms with Crippen LogP contribution >= 0.6 is 0 Å². The topological polar surface area (TPSA) is 38.7 Å². The minimum atomic E-state index is 0.615. The maximum absolute atomic E-state index is 5.27. The van der Waals surface area contributed by atoms with Crippen LogP contribution in [0.4, 0.5) is 0 Å². The van der Waals surface area contributed by atoms with E-state index in [0.717, 1.165) is 44.5 Å². The van der Waals surface area contributed by atoms with Gasteiger partial charge in [0.15, 0.2) is 17.5 Å². The van der Waals surface area contributed by atoms with E-state index in [0.29, 0.717) is 17.5 Å². The molecule has 0 aliphatic rings. The summed E-state index contributed by atoms with van der Waals surface area (Å²) in [5.74, 6) is 1.86. The average molecular weight is 814 g/mol. The van der Waals surface area contributed by atoms with E-state index in [1.165, 1.54) is 59.8 Å². The zero-order valence-corrected chi connectivity index (χ0v) is 34.9. The fourth-order valence-electron chi connectivity index (χ4n) is 9.53. The van der Waals surface area contributed by atoms with Crippen LogP contribution in [0.25, 0.3) is 122 Å². The van der Waals surface area contributed by atoms with Crippen LogP contribution in [0.15, 0.2) is 237 Å². The molecule has 3 heteroatoms. The molecule has 64 heavy (non-hydrogen) atoms. The Morgan fingerprint density at radius 2 is 0.656 bits per heavy atom. The Kier molecular flexibility index (Phi) is 9.16. The summed E-state index contributed by atoms with van der Waals surface area (Å²) in [5, 5.41) is 9.83. The molecule has 0 aliphatic heterocycles. The Labute approximate surface area is 371 Å². The molecule has 298 valence electrons. The molecule has 0 spiro atoms. The van der Waals surface area contributed by atoms with E-state index in [-0.39, 0.29) is 0 Å². The molecule has 3 nitrogen and oxygen atoms in total. The molecule has 1 aromatic heterocycles. The second-order valence-electron chi connectivity index (χ2n) is 16.3. The summed E-state index contributed by atoms with van der Waals surface area (Å²) in [6, 6.07) is 84.2. The normalized spacial score (nSPS) is 11.4. The first-order valence-corrected chi connectivity index (χ1v) is 21.8. The van der Waals surface area contributed by atoms with Gasteiger partial charge in [-0.1, -0.05) is 231 Å². The molecule has 1 heterocycles. The highest BCUT2D eigenvalue weighted by Crippen LogP contribution is 2.47. The summed E-state index contributed by atoms with van der Waals surface area (Å²) in [7, 11) is 0. The van der Waals surface area contributed by atoms with Gasteiger partial charge in [0.05, 0.1) is 0 Å². The summed E-state index contributed by atoms with van der Waals surface area (Å²) in [6.07, 6.45) is 0. The number of nitrogens with zero attached hydrogens (tertiary/aromatic N) is 3. The van der Waals surface area contributed by atoms with Gasteiger partial charge < -0.3 is 0 Å². The van der Waals surface area contributed by atoms with E-state index < -0.39 is 0 Å². The van der Waals surface area contributed by atoms with Crippen molar-refractivity contribution >= 4 is 43.1 Å². The molecule has 0 radical (unpaired) electrons. The molecule has 0 aliphatic carbocycles. The second kappa shape index (κ2) is 15.7. The van der Waals surface area contributed by atoms with E-state index in [2.05, 4.69) is 224 Å². The van der Waals surface area contributed by atoms with Crippen LogP contribution in [-0.2, 0) is 0 Å². The molecule has 0 N–H and O–H groups in total. The molecule has 0 bridgehead atoms. The molecule has 0 atom stereocenters. The van der Waals surface area contributed by atoms with Gasteiger partial charge in [-0.2, -0.15) is 0 Å². The molecule has 0 saturated heterocycles. The predicted octanol–water partition coefficient (Wildman–Crippen LogP) is 16.2. The highest BCUT2D eigenvalue weighted by molar-refractivity contribution is 6.28. The highest BCUT2D eigenvalue weighted by atomic mass is 15.0. The number of hydrogen-bond donors (Lipinski definition) is 0. The van der Waals surface area contributed by atoms with Crippen molar-refractivity contribution in [2.45, 2.75) is 0 Å². The number of hydrogen-bond acceptors (Lipinski definition) is 3. The standard InChI is InChI=1S/C61H39N3/c1-3-18-41(19-4-1)48-24-11-15-29-53(48)60-62-59(63-61(64-60)54-30-16-12-25-49(54)42-20-5-2-6-21-42)45-34-32-44(33-35-45)56-51-27-13-14-28-52(51)57(47-36-31-40-17-7-8-23-46(40)39-47)58-50-26-10-9-22-43(50)37-38-55(56)58/h1-39H. The fraction of sp³-hybridized carbons (Fsp3) is 0. The third kappa shape index (κ3) is 6.50. The third-order valence-corrected chi connectivity index (χ3v) is 12.5. The number of benzene rings is 11. The predicted molar refractivity (Wildman–Crippen MR) is 268 cm³/mol. The van der Waals surface area contributed by atoms with Gasteiger partial charge in [-0.15, -0.1) is 0 Å². The van der Waals surface area contributed by atoms with Crippen LogP contribution in [0.2, 0.25) is 0 Å². The van der Waals surface area contributed by atoms with Crippen LogP contribution in [-0.4, -0.2) is 15.0 Å². The average Bonchev–Trinajstić information content (AvgIpc) is 3.38. The van der Waals surface area contributed by atoms with Crippen molar-refractivity contribution in [1.29, 1.82) is 0 Å². The van der Waals surface area contributed by atoms with Crippen molar-refractivity contribution in [3.05, 3.63) is 237 Å². The molecule has 0 unspecified atom stereocenters. The number of fused-ring (bicyclic) bond motifs is 5. The summed E-state index contributed by atoms with van der Waals surface area (Å²) < 4.78 is 0. The Bertz CT molecular complexity index is 3610. The Morgan fingerprint density at radius 3 is 1.28 bits per heavy atom. The molecule has 0 amide bonds.